The van der Waals surface area contributed by atoms with Crippen molar-refractivity contribution in [2.75, 3.05) is 0 Å². The number of carboxylic acid groups (broad SMARTS) is 1. The van der Waals surface area contributed by atoms with Gasteiger partial charge in [0.1, 0.15) is 0 Å². The third kappa shape index (κ3) is 4.91. The molecule has 11 nitrogen and oxygen atoms in total. The van der Waals surface area contributed by atoms with Gasteiger partial charge >= 0.3 is 29.8 Å². The Balaban J connectivity index is 2.99. The molecule has 21 heavy (non-hydrogen) atoms. The second-order valence-corrected chi connectivity index (χ2v) is 3.74. The van der Waals surface area contributed by atoms with E-state index in [2.05, 4.69) is 19.6 Å². The molecule has 1 atom stereocenters. The van der Waals surface area contributed by atoms with Crippen LogP contribution in [-0.2, 0) is 43.5 Å². The van der Waals surface area contributed by atoms with Crippen LogP contribution in [0.5, 0.6) is 0 Å². The van der Waals surface area contributed by atoms with Crippen molar-refractivity contribution in [2.24, 2.45) is 0 Å². The highest BCUT2D eigenvalue weighted by molar-refractivity contribution is 5.93. The normalized spacial score (nSPS) is 25.4. The van der Waals surface area contributed by atoms with Crippen LogP contribution in [0, 0.1) is 0 Å². The molecule has 1 aliphatic rings. The van der Waals surface area contributed by atoms with Crippen LogP contribution in [0.25, 0.3) is 0 Å². The SMILES string of the molecule is O=C(O)CC1(O)CC(=O)OOC(=O)/C=C/C(=O)OOC1=O. The summed E-state index contributed by atoms with van der Waals surface area (Å²) in [5.41, 5.74) is -2.88. The van der Waals surface area contributed by atoms with E-state index in [1.54, 1.807) is 0 Å². The Bertz CT molecular complexity index is 519. The van der Waals surface area contributed by atoms with Gasteiger partial charge in [0.15, 0.2) is 5.60 Å². The van der Waals surface area contributed by atoms with Crippen molar-refractivity contribution in [3.05, 3.63) is 12.2 Å². The van der Waals surface area contributed by atoms with Gasteiger partial charge in [-0.1, -0.05) is 0 Å². The molecule has 11 heteroatoms. The van der Waals surface area contributed by atoms with Gasteiger partial charge in [0, 0.05) is 12.2 Å². The molecular weight excluding hydrogens is 296 g/mol. The van der Waals surface area contributed by atoms with Crippen molar-refractivity contribution < 1.29 is 53.7 Å². The summed E-state index contributed by atoms with van der Waals surface area (Å²) >= 11 is 0. The van der Waals surface area contributed by atoms with E-state index in [4.69, 9.17) is 5.11 Å². The first-order valence-corrected chi connectivity index (χ1v) is 5.19. The Labute approximate surface area is 115 Å². The quantitative estimate of drug-likeness (QED) is 0.550. The molecule has 0 amide bonds. The van der Waals surface area contributed by atoms with Gasteiger partial charge in [-0.2, -0.15) is 0 Å². The summed E-state index contributed by atoms with van der Waals surface area (Å²) < 4.78 is 0. The average Bonchev–Trinajstić information content (AvgIpc) is 2.38. The maximum absolute atomic E-state index is 11.5. The molecule has 0 aromatic rings. The number of aliphatic hydroxyl groups is 1. The molecule has 2 N–H and O–H groups in total. The van der Waals surface area contributed by atoms with Crippen LogP contribution in [0.15, 0.2) is 12.2 Å². The van der Waals surface area contributed by atoms with Crippen molar-refractivity contribution >= 4 is 29.8 Å². The number of rotatable bonds is 2. The van der Waals surface area contributed by atoms with Gasteiger partial charge in [-0.25, -0.2) is 38.7 Å². The van der Waals surface area contributed by atoms with E-state index in [0.29, 0.717) is 12.2 Å². The van der Waals surface area contributed by atoms with Crippen molar-refractivity contribution in [3.63, 3.8) is 0 Å². The van der Waals surface area contributed by atoms with Crippen molar-refractivity contribution in [2.45, 2.75) is 18.4 Å². The van der Waals surface area contributed by atoms with E-state index >= 15 is 0 Å². The van der Waals surface area contributed by atoms with E-state index in [1.165, 1.54) is 0 Å². The van der Waals surface area contributed by atoms with Gasteiger partial charge in [-0.3, -0.25) is 4.79 Å². The summed E-state index contributed by atoms with van der Waals surface area (Å²) in [5.74, 6) is -7.39. The number of carboxylic acids is 1. The predicted octanol–water partition coefficient (Wildman–Crippen LogP) is -1.85. The van der Waals surface area contributed by atoms with E-state index in [0.717, 1.165) is 0 Å². The molecule has 1 heterocycles. The summed E-state index contributed by atoms with van der Waals surface area (Å²) in [6, 6.07) is 0. The number of hydrogen-bond donors (Lipinski definition) is 2. The summed E-state index contributed by atoms with van der Waals surface area (Å²) in [4.78, 5) is 70.9. The third-order valence-electron chi connectivity index (χ3n) is 2.03. The van der Waals surface area contributed by atoms with Crippen LogP contribution in [0.1, 0.15) is 12.8 Å². The number of carbonyl (C=O) groups excluding carboxylic acids is 4. The van der Waals surface area contributed by atoms with Gasteiger partial charge in [0.25, 0.3) is 0 Å². The molecule has 1 aliphatic heterocycles. The highest BCUT2D eigenvalue weighted by Crippen LogP contribution is 2.19. The molecule has 0 saturated carbocycles. The molecule has 0 aromatic carbocycles. The Kier molecular flexibility index (Phi) is 4.96. The molecule has 0 spiro atoms. The predicted molar refractivity (Wildman–Crippen MR) is 55.3 cm³/mol. The monoisotopic (exact) mass is 304 g/mol. The fourth-order valence-electron chi connectivity index (χ4n) is 1.16. The molecule has 0 fully saturated rings. The van der Waals surface area contributed by atoms with Crippen molar-refractivity contribution in [3.8, 4) is 0 Å². The summed E-state index contributed by atoms with van der Waals surface area (Å²) in [6.07, 6.45) is -1.48. The molecule has 114 valence electrons. The number of aliphatic carboxylic acids is 1. The van der Waals surface area contributed by atoms with E-state index in [-0.39, 0.29) is 0 Å². The Morgan fingerprint density at radius 3 is 2.10 bits per heavy atom. The van der Waals surface area contributed by atoms with Gasteiger partial charge in [-0.15, -0.1) is 0 Å². The smallest absolute Gasteiger partial charge is 0.387 e. The zero-order valence-electron chi connectivity index (χ0n) is 10.1. The maximum Gasteiger partial charge on any atom is 0.387 e. The highest BCUT2D eigenvalue weighted by Gasteiger charge is 2.45. The highest BCUT2D eigenvalue weighted by atomic mass is 17.2. The zero-order chi connectivity index (χ0) is 16.0. The lowest BCUT2D eigenvalue weighted by molar-refractivity contribution is -0.273. The average molecular weight is 304 g/mol. The molecule has 0 radical (unpaired) electrons. The van der Waals surface area contributed by atoms with E-state index in [9.17, 15) is 29.1 Å². The molecule has 1 unspecified atom stereocenters. The minimum atomic E-state index is -2.88. The number of hydrogen-bond acceptors (Lipinski definition) is 10. The lowest BCUT2D eigenvalue weighted by Crippen LogP contribution is -2.44. The van der Waals surface area contributed by atoms with Crippen molar-refractivity contribution in [1.29, 1.82) is 0 Å². The van der Waals surface area contributed by atoms with Crippen LogP contribution in [0.4, 0.5) is 0 Å². The van der Waals surface area contributed by atoms with Gasteiger partial charge in [-0.05, 0) is 0 Å². The number of carbonyl (C=O) groups is 5. The first-order chi connectivity index (χ1) is 9.73. The molecule has 0 saturated heterocycles. The van der Waals surface area contributed by atoms with Crippen molar-refractivity contribution in [1.82, 2.24) is 0 Å². The molecule has 0 bridgehead atoms. The standard InChI is InChI=1S/C10H8O11/c11-5(12)3-10(17)4-8(15)20-18-6(13)1-2-7(14)19-21-9(10)16/h1-2,17H,3-4H2,(H,11,12)/b2-1+. The van der Waals surface area contributed by atoms with Crippen LogP contribution in [0.3, 0.4) is 0 Å². The fourth-order valence-corrected chi connectivity index (χ4v) is 1.16. The van der Waals surface area contributed by atoms with Gasteiger partial charge < -0.3 is 10.2 Å². The first kappa shape index (κ1) is 16.1. The molecule has 0 aromatic heterocycles. The van der Waals surface area contributed by atoms with Crippen LogP contribution in [-0.4, -0.2) is 45.7 Å². The largest absolute Gasteiger partial charge is 0.481 e. The minimum Gasteiger partial charge on any atom is -0.481 e. The second kappa shape index (κ2) is 6.47. The summed E-state index contributed by atoms with van der Waals surface area (Å²) in [5, 5.41) is 18.4. The summed E-state index contributed by atoms with van der Waals surface area (Å²) in [7, 11) is 0. The van der Waals surface area contributed by atoms with Gasteiger partial charge in [0.05, 0.1) is 12.8 Å². The first-order valence-electron chi connectivity index (χ1n) is 5.19. The van der Waals surface area contributed by atoms with Gasteiger partial charge in [0.2, 0.25) is 0 Å². The Morgan fingerprint density at radius 2 is 1.57 bits per heavy atom. The van der Waals surface area contributed by atoms with Crippen LogP contribution in [0.2, 0.25) is 0 Å². The zero-order valence-corrected chi connectivity index (χ0v) is 10.1. The summed E-state index contributed by atoms with van der Waals surface area (Å²) in [6.45, 7) is 0. The fraction of sp³-hybridized carbons (Fsp3) is 0.300. The van der Waals surface area contributed by atoms with E-state index < -0.39 is 48.3 Å². The minimum absolute atomic E-state index is 0.474. The molecule has 0 aliphatic carbocycles. The topological polar surface area (TPSA) is 163 Å². The second-order valence-electron chi connectivity index (χ2n) is 3.74. The Morgan fingerprint density at radius 1 is 1.05 bits per heavy atom. The Hall–Kier alpha value is -2.95. The van der Waals surface area contributed by atoms with Crippen LogP contribution >= 0.6 is 0 Å². The lowest BCUT2D eigenvalue weighted by Gasteiger charge is -2.21. The molecular formula is C10H8O11. The maximum atomic E-state index is 11.5. The van der Waals surface area contributed by atoms with E-state index in [1.807, 2.05) is 0 Å². The molecule has 1 rings (SSSR count). The third-order valence-corrected chi connectivity index (χ3v) is 2.03. The van der Waals surface area contributed by atoms with Crippen LogP contribution < -0.4 is 0 Å². The lowest BCUT2D eigenvalue weighted by atomic mass is 9.96.